The van der Waals surface area contributed by atoms with E-state index in [0.717, 1.165) is 16.6 Å². The van der Waals surface area contributed by atoms with Crippen LogP contribution in [0.15, 0.2) is 48.7 Å². The number of fused-ring (bicyclic) bond motifs is 1. The van der Waals surface area contributed by atoms with Crippen molar-refractivity contribution in [1.82, 2.24) is 9.97 Å². The minimum Gasteiger partial charge on any atom is -0.478 e. The molecular formula is C16H13N3O2. The van der Waals surface area contributed by atoms with Crippen LogP contribution in [0.1, 0.15) is 16.1 Å². The van der Waals surface area contributed by atoms with Gasteiger partial charge in [-0.25, -0.2) is 9.78 Å². The van der Waals surface area contributed by atoms with Gasteiger partial charge in [0.25, 0.3) is 0 Å². The van der Waals surface area contributed by atoms with Crippen LogP contribution >= 0.6 is 0 Å². The third-order valence-corrected chi connectivity index (χ3v) is 3.06. The standard InChI is InChI=1S/C16H13N3O2/c1-10-6-12(16(20)21)8-15(18-10)19-13-7-11-4-2-3-5-14(11)17-9-13/h2-9H,1H3,(H,18,19)(H,20,21). The van der Waals surface area contributed by atoms with E-state index >= 15 is 0 Å². The van der Waals surface area contributed by atoms with Gasteiger partial charge in [-0.05, 0) is 31.2 Å². The molecule has 0 atom stereocenters. The second-order valence-corrected chi connectivity index (χ2v) is 4.73. The van der Waals surface area contributed by atoms with Gasteiger partial charge in [0, 0.05) is 11.1 Å². The van der Waals surface area contributed by atoms with E-state index in [0.29, 0.717) is 11.5 Å². The fourth-order valence-corrected chi connectivity index (χ4v) is 2.14. The molecule has 2 aromatic heterocycles. The lowest BCUT2D eigenvalue weighted by atomic mass is 10.2. The van der Waals surface area contributed by atoms with Crippen LogP contribution in [0.5, 0.6) is 0 Å². The van der Waals surface area contributed by atoms with Crippen molar-refractivity contribution in [3.63, 3.8) is 0 Å². The highest BCUT2D eigenvalue weighted by atomic mass is 16.4. The number of carbonyl (C=O) groups is 1. The van der Waals surface area contributed by atoms with Gasteiger partial charge in [0.2, 0.25) is 0 Å². The molecule has 0 saturated carbocycles. The van der Waals surface area contributed by atoms with Crippen LogP contribution < -0.4 is 5.32 Å². The molecule has 21 heavy (non-hydrogen) atoms. The molecule has 0 aliphatic carbocycles. The number of hydrogen-bond acceptors (Lipinski definition) is 4. The summed E-state index contributed by atoms with van der Waals surface area (Å²) in [7, 11) is 0. The van der Waals surface area contributed by atoms with Crippen LogP contribution in [0.25, 0.3) is 10.9 Å². The van der Waals surface area contributed by atoms with Gasteiger partial charge in [-0.15, -0.1) is 0 Å². The van der Waals surface area contributed by atoms with E-state index in [2.05, 4.69) is 15.3 Å². The summed E-state index contributed by atoms with van der Waals surface area (Å²) in [6.07, 6.45) is 1.70. The van der Waals surface area contributed by atoms with Crippen molar-refractivity contribution in [2.24, 2.45) is 0 Å². The first-order valence-electron chi connectivity index (χ1n) is 6.45. The fourth-order valence-electron chi connectivity index (χ4n) is 2.14. The second kappa shape index (κ2) is 5.20. The normalized spacial score (nSPS) is 10.5. The minimum absolute atomic E-state index is 0.207. The first-order valence-corrected chi connectivity index (χ1v) is 6.45. The summed E-state index contributed by atoms with van der Waals surface area (Å²) in [6, 6.07) is 12.8. The molecule has 2 heterocycles. The van der Waals surface area contributed by atoms with Crippen molar-refractivity contribution in [2.75, 3.05) is 5.32 Å². The highest BCUT2D eigenvalue weighted by molar-refractivity contribution is 5.89. The predicted molar refractivity (Wildman–Crippen MR) is 81.0 cm³/mol. The van der Waals surface area contributed by atoms with Crippen molar-refractivity contribution >= 4 is 28.4 Å². The first-order chi connectivity index (χ1) is 10.1. The van der Waals surface area contributed by atoms with Crippen LogP contribution in [0, 0.1) is 6.92 Å². The average Bonchev–Trinajstić information content (AvgIpc) is 2.46. The van der Waals surface area contributed by atoms with Gasteiger partial charge in [-0.2, -0.15) is 0 Å². The summed E-state index contributed by atoms with van der Waals surface area (Å²) in [4.78, 5) is 19.7. The molecule has 0 aliphatic heterocycles. The number of carboxylic acid groups (broad SMARTS) is 1. The Hall–Kier alpha value is -2.95. The molecule has 0 bridgehead atoms. The summed E-state index contributed by atoms with van der Waals surface area (Å²) in [6.45, 7) is 1.76. The Bertz CT molecular complexity index is 831. The Morgan fingerprint density at radius 1 is 1.19 bits per heavy atom. The molecule has 2 N–H and O–H groups in total. The number of nitrogens with one attached hydrogen (secondary N) is 1. The van der Waals surface area contributed by atoms with Gasteiger partial charge in [0.05, 0.1) is 23.0 Å². The molecule has 3 aromatic rings. The quantitative estimate of drug-likeness (QED) is 0.768. The fraction of sp³-hybridized carbons (Fsp3) is 0.0625. The molecule has 0 saturated heterocycles. The number of nitrogens with zero attached hydrogens (tertiary/aromatic N) is 2. The number of carboxylic acids is 1. The third-order valence-electron chi connectivity index (χ3n) is 3.06. The zero-order valence-corrected chi connectivity index (χ0v) is 11.4. The van der Waals surface area contributed by atoms with E-state index < -0.39 is 5.97 Å². The number of hydrogen-bond donors (Lipinski definition) is 2. The number of aromatic nitrogens is 2. The van der Waals surface area contributed by atoms with Gasteiger partial charge >= 0.3 is 5.97 Å². The lowest BCUT2D eigenvalue weighted by Gasteiger charge is -2.08. The number of benzene rings is 1. The molecule has 5 nitrogen and oxygen atoms in total. The summed E-state index contributed by atoms with van der Waals surface area (Å²) >= 11 is 0. The maximum Gasteiger partial charge on any atom is 0.335 e. The van der Waals surface area contributed by atoms with E-state index in [1.54, 1.807) is 13.1 Å². The van der Waals surface area contributed by atoms with Crippen LogP contribution in [0.2, 0.25) is 0 Å². The van der Waals surface area contributed by atoms with Gasteiger partial charge < -0.3 is 10.4 Å². The lowest BCUT2D eigenvalue weighted by molar-refractivity contribution is 0.0696. The molecule has 1 aromatic carbocycles. The highest BCUT2D eigenvalue weighted by Gasteiger charge is 2.07. The summed E-state index contributed by atoms with van der Waals surface area (Å²) in [5, 5.41) is 13.2. The minimum atomic E-state index is -0.972. The average molecular weight is 279 g/mol. The SMILES string of the molecule is Cc1cc(C(=O)O)cc(Nc2cnc3ccccc3c2)n1. The smallest absolute Gasteiger partial charge is 0.335 e. The Labute approximate surface area is 121 Å². The number of aryl methyl sites for hydroxylation is 1. The molecule has 0 unspecified atom stereocenters. The highest BCUT2D eigenvalue weighted by Crippen LogP contribution is 2.20. The molecule has 5 heteroatoms. The van der Waals surface area contributed by atoms with Crippen molar-refractivity contribution in [1.29, 1.82) is 0 Å². The third kappa shape index (κ3) is 2.81. The van der Waals surface area contributed by atoms with E-state index in [9.17, 15) is 4.79 Å². The molecular weight excluding hydrogens is 266 g/mol. The van der Waals surface area contributed by atoms with Gasteiger partial charge in [0.1, 0.15) is 5.82 Å². The summed E-state index contributed by atoms with van der Waals surface area (Å²) in [5.41, 5.74) is 2.53. The van der Waals surface area contributed by atoms with E-state index in [-0.39, 0.29) is 5.56 Å². The molecule has 0 amide bonds. The Kier molecular flexibility index (Phi) is 3.23. The second-order valence-electron chi connectivity index (χ2n) is 4.73. The Morgan fingerprint density at radius 2 is 2.00 bits per heavy atom. The lowest BCUT2D eigenvalue weighted by Crippen LogP contribution is -2.02. The molecule has 0 spiro atoms. The predicted octanol–water partition coefficient (Wildman–Crippen LogP) is 3.38. The zero-order valence-electron chi connectivity index (χ0n) is 11.4. The maximum atomic E-state index is 11.1. The summed E-state index contributed by atoms with van der Waals surface area (Å²) in [5.74, 6) is -0.482. The molecule has 0 aliphatic rings. The van der Waals surface area contributed by atoms with Crippen LogP contribution in [-0.4, -0.2) is 21.0 Å². The largest absolute Gasteiger partial charge is 0.478 e. The molecule has 3 rings (SSSR count). The van der Waals surface area contributed by atoms with Gasteiger partial charge in [-0.3, -0.25) is 4.98 Å². The van der Waals surface area contributed by atoms with Crippen LogP contribution in [0.4, 0.5) is 11.5 Å². The van der Waals surface area contributed by atoms with Gasteiger partial charge in [-0.1, -0.05) is 18.2 Å². The van der Waals surface area contributed by atoms with Gasteiger partial charge in [0.15, 0.2) is 0 Å². The van der Waals surface area contributed by atoms with Crippen molar-refractivity contribution in [3.05, 3.63) is 59.9 Å². The maximum absolute atomic E-state index is 11.1. The van der Waals surface area contributed by atoms with Crippen LogP contribution in [0.3, 0.4) is 0 Å². The van der Waals surface area contributed by atoms with Crippen molar-refractivity contribution in [3.8, 4) is 0 Å². The van der Waals surface area contributed by atoms with E-state index in [4.69, 9.17) is 5.11 Å². The number of anilines is 2. The van der Waals surface area contributed by atoms with E-state index in [1.165, 1.54) is 12.1 Å². The number of para-hydroxylation sites is 1. The molecule has 0 radical (unpaired) electrons. The first kappa shape index (κ1) is 13.1. The van der Waals surface area contributed by atoms with Crippen molar-refractivity contribution in [2.45, 2.75) is 6.92 Å². The topological polar surface area (TPSA) is 75.1 Å². The van der Waals surface area contributed by atoms with E-state index in [1.807, 2.05) is 30.3 Å². The van der Waals surface area contributed by atoms with Crippen molar-refractivity contribution < 1.29 is 9.90 Å². The Balaban J connectivity index is 1.96. The number of aromatic carboxylic acids is 1. The zero-order chi connectivity index (χ0) is 14.8. The molecule has 104 valence electrons. The molecule has 0 fully saturated rings. The monoisotopic (exact) mass is 279 g/mol. The van der Waals surface area contributed by atoms with Crippen LogP contribution in [-0.2, 0) is 0 Å². The summed E-state index contributed by atoms with van der Waals surface area (Å²) < 4.78 is 0. The number of rotatable bonds is 3. The number of pyridine rings is 2. The Morgan fingerprint density at radius 3 is 2.81 bits per heavy atom.